The largest absolute Gasteiger partial charge is 0.467 e. The van der Waals surface area contributed by atoms with E-state index >= 15 is 0 Å². The number of nitrogens with two attached hydrogens (primary N) is 2. The lowest BCUT2D eigenvalue weighted by Crippen LogP contribution is -2.48. The monoisotopic (exact) mass is 333 g/mol. The van der Waals surface area contributed by atoms with Crippen LogP contribution >= 0.6 is 0 Å². The van der Waals surface area contributed by atoms with Gasteiger partial charge >= 0.3 is 6.03 Å². The molecule has 128 valence electrons. The summed E-state index contributed by atoms with van der Waals surface area (Å²) in [6.45, 7) is 0.462. The third-order valence-corrected chi connectivity index (χ3v) is 4.06. The highest BCUT2D eigenvalue weighted by Gasteiger charge is 2.31. The van der Waals surface area contributed by atoms with Crippen molar-refractivity contribution in [2.75, 3.05) is 17.0 Å². The van der Waals surface area contributed by atoms with Crippen molar-refractivity contribution in [1.29, 1.82) is 0 Å². The Morgan fingerprint density at radius 1 is 1.46 bits per heavy atom. The van der Waals surface area contributed by atoms with Gasteiger partial charge in [-0.3, -0.25) is 5.43 Å². The summed E-state index contributed by atoms with van der Waals surface area (Å²) in [7, 11) is 1.85. The predicted octanol–water partition coefficient (Wildman–Crippen LogP) is 2.20. The molecule has 2 aromatic rings. The molecule has 0 atom stereocenters. The number of rotatable bonds is 5. The number of carbonyl (C=O) groups is 1. The van der Waals surface area contributed by atoms with E-state index in [9.17, 15) is 9.18 Å². The first-order valence-electron chi connectivity index (χ1n) is 7.63. The molecule has 1 fully saturated rings. The molecule has 0 aliphatic heterocycles. The lowest BCUT2D eigenvalue weighted by molar-refractivity contribution is 0.246. The molecule has 0 radical (unpaired) electrons. The summed E-state index contributed by atoms with van der Waals surface area (Å²) in [5.41, 5.74) is 3.75. The zero-order valence-electron chi connectivity index (χ0n) is 13.3. The van der Waals surface area contributed by atoms with Gasteiger partial charge in [-0.2, -0.15) is 0 Å². The van der Waals surface area contributed by atoms with Gasteiger partial charge in [0.05, 0.1) is 24.2 Å². The Kier molecular flexibility index (Phi) is 4.41. The van der Waals surface area contributed by atoms with Crippen LogP contribution in [0.3, 0.4) is 0 Å². The van der Waals surface area contributed by atoms with E-state index in [0.717, 1.165) is 29.2 Å². The van der Waals surface area contributed by atoms with Gasteiger partial charge in [-0.1, -0.05) is 0 Å². The Morgan fingerprint density at radius 3 is 2.79 bits per heavy atom. The van der Waals surface area contributed by atoms with Crippen LogP contribution in [0.1, 0.15) is 30.1 Å². The molecule has 1 aromatic heterocycles. The van der Waals surface area contributed by atoms with Crippen molar-refractivity contribution in [3.8, 4) is 0 Å². The zero-order valence-corrected chi connectivity index (χ0v) is 13.3. The fraction of sp³-hybridized carbons (Fsp3) is 0.312. The maximum absolute atomic E-state index is 14.1. The van der Waals surface area contributed by atoms with Gasteiger partial charge < -0.3 is 9.32 Å². The topological polar surface area (TPSA) is 101 Å². The molecule has 1 aromatic carbocycles. The normalized spacial score (nSPS) is 13.7. The molecular weight excluding hydrogens is 313 g/mol. The first-order valence-corrected chi connectivity index (χ1v) is 7.63. The number of hydrogen-bond donors (Lipinski definition) is 3. The number of nitrogens with one attached hydrogen (secondary N) is 1. The molecule has 1 aliphatic rings. The molecule has 3 rings (SSSR count). The Bertz CT molecular complexity index is 730. The van der Waals surface area contributed by atoms with Crippen molar-refractivity contribution in [2.45, 2.75) is 25.3 Å². The van der Waals surface area contributed by atoms with E-state index in [0.29, 0.717) is 12.2 Å². The van der Waals surface area contributed by atoms with Gasteiger partial charge in [0.25, 0.3) is 0 Å². The van der Waals surface area contributed by atoms with Crippen LogP contribution in [-0.4, -0.2) is 13.1 Å². The van der Waals surface area contributed by atoms with Crippen molar-refractivity contribution in [1.82, 2.24) is 5.43 Å². The maximum atomic E-state index is 14.1. The number of urea groups is 1. The fourth-order valence-electron chi connectivity index (χ4n) is 2.80. The molecule has 0 saturated heterocycles. The summed E-state index contributed by atoms with van der Waals surface area (Å²) < 4.78 is 19.5. The minimum absolute atomic E-state index is 0.258. The summed E-state index contributed by atoms with van der Waals surface area (Å²) in [5, 5.41) is 0.822. The maximum Gasteiger partial charge on any atom is 0.350 e. The molecule has 8 heteroatoms. The number of halogens is 1. The summed E-state index contributed by atoms with van der Waals surface area (Å²) in [6, 6.07) is 5.66. The van der Waals surface area contributed by atoms with E-state index in [1.54, 1.807) is 12.3 Å². The molecule has 0 unspecified atom stereocenters. The zero-order chi connectivity index (χ0) is 17.3. The second-order valence-corrected chi connectivity index (χ2v) is 5.89. The highest BCUT2D eigenvalue weighted by Crippen LogP contribution is 2.47. The van der Waals surface area contributed by atoms with E-state index in [1.807, 2.05) is 23.4 Å². The van der Waals surface area contributed by atoms with E-state index in [-0.39, 0.29) is 11.6 Å². The van der Waals surface area contributed by atoms with Gasteiger partial charge in [-0.05, 0) is 42.5 Å². The quantitative estimate of drug-likeness (QED) is 0.442. The van der Waals surface area contributed by atoms with Crippen molar-refractivity contribution >= 4 is 17.4 Å². The van der Waals surface area contributed by atoms with Crippen LogP contribution in [0.4, 0.5) is 20.6 Å². The number of nitrogens with zero attached hydrogens (tertiary/aromatic N) is 2. The van der Waals surface area contributed by atoms with Crippen LogP contribution in [-0.2, 0) is 6.54 Å². The highest BCUT2D eigenvalue weighted by atomic mass is 19.1. The predicted molar refractivity (Wildman–Crippen MR) is 88.6 cm³/mol. The lowest BCUT2D eigenvalue weighted by atomic mass is 10.0. The van der Waals surface area contributed by atoms with Crippen LogP contribution in [0.5, 0.6) is 0 Å². The third-order valence-electron chi connectivity index (χ3n) is 4.06. The minimum Gasteiger partial charge on any atom is -0.467 e. The molecule has 1 saturated carbocycles. The molecule has 0 spiro atoms. The number of benzene rings is 1. The van der Waals surface area contributed by atoms with E-state index in [4.69, 9.17) is 16.1 Å². The van der Waals surface area contributed by atoms with Crippen LogP contribution in [0.2, 0.25) is 0 Å². The van der Waals surface area contributed by atoms with Gasteiger partial charge in [-0.25, -0.2) is 25.9 Å². The smallest absolute Gasteiger partial charge is 0.350 e. The molecule has 1 heterocycles. The number of furan rings is 1. The summed E-state index contributed by atoms with van der Waals surface area (Å²) >= 11 is 0. The van der Waals surface area contributed by atoms with Crippen molar-refractivity contribution in [3.63, 3.8) is 0 Å². The Balaban J connectivity index is 2.04. The molecule has 1 aliphatic carbocycles. The minimum atomic E-state index is -0.727. The van der Waals surface area contributed by atoms with Crippen LogP contribution in [0.25, 0.3) is 0 Å². The lowest BCUT2D eigenvalue weighted by Gasteiger charge is -2.28. The second-order valence-electron chi connectivity index (χ2n) is 5.89. The first kappa shape index (κ1) is 16.3. The first-order chi connectivity index (χ1) is 11.5. The van der Waals surface area contributed by atoms with E-state index in [2.05, 4.69) is 0 Å². The van der Waals surface area contributed by atoms with Gasteiger partial charge in [0, 0.05) is 13.1 Å². The second kappa shape index (κ2) is 6.50. The third kappa shape index (κ3) is 3.19. The SMILES string of the molecule is CN(Cc1ccco1)c1c(C2CC2)cc(F)cc1N(N)C(=O)NN. The average Bonchev–Trinajstić information content (AvgIpc) is 3.30. The standard InChI is InChI=1S/C16H20FN5O2/c1-21(9-12-3-2-6-24-12)15-13(10-4-5-10)7-11(17)8-14(15)22(19)16(23)20-18/h2-3,6-8,10H,4-5,9,18-19H2,1H3,(H,20,23). The van der Waals surface area contributed by atoms with Crippen molar-refractivity contribution in [2.24, 2.45) is 11.7 Å². The van der Waals surface area contributed by atoms with Gasteiger partial charge in [0.1, 0.15) is 11.6 Å². The molecule has 0 bridgehead atoms. The van der Waals surface area contributed by atoms with E-state index in [1.165, 1.54) is 12.1 Å². The number of anilines is 2. The summed E-state index contributed by atoms with van der Waals surface area (Å²) in [4.78, 5) is 13.7. The molecule has 7 nitrogen and oxygen atoms in total. The van der Waals surface area contributed by atoms with Gasteiger partial charge in [0.15, 0.2) is 0 Å². The Labute approximate surface area is 138 Å². The number of hydrazine groups is 2. The van der Waals surface area contributed by atoms with Crippen LogP contribution < -0.4 is 27.0 Å². The summed E-state index contributed by atoms with van der Waals surface area (Å²) in [6.07, 6.45) is 3.56. The molecule has 24 heavy (non-hydrogen) atoms. The number of amides is 2. The molecule has 2 amide bonds. The Morgan fingerprint density at radius 2 is 2.21 bits per heavy atom. The summed E-state index contributed by atoms with van der Waals surface area (Å²) in [5.74, 6) is 11.6. The average molecular weight is 333 g/mol. The van der Waals surface area contributed by atoms with E-state index < -0.39 is 11.8 Å². The number of carbonyl (C=O) groups excluding carboxylic acids is 1. The highest BCUT2D eigenvalue weighted by molar-refractivity contribution is 5.95. The molecule has 5 N–H and O–H groups in total. The van der Waals surface area contributed by atoms with Gasteiger partial charge in [-0.15, -0.1) is 0 Å². The van der Waals surface area contributed by atoms with Crippen molar-refractivity contribution in [3.05, 3.63) is 47.7 Å². The van der Waals surface area contributed by atoms with Crippen LogP contribution in [0, 0.1) is 5.82 Å². The van der Waals surface area contributed by atoms with Crippen LogP contribution in [0.15, 0.2) is 34.9 Å². The van der Waals surface area contributed by atoms with Crippen molar-refractivity contribution < 1.29 is 13.6 Å². The van der Waals surface area contributed by atoms with Gasteiger partial charge in [0.2, 0.25) is 0 Å². The molecular formula is C16H20FN5O2. The Hall–Kier alpha value is -2.58. The fourth-order valence-corrected chi connectivity index (χ4v) is 2.80. The number of hydrogen-bond acceptors (Lipinski definition) is 5.